The number of carbonyl (C=O) groups is 1. The predicted molar refractivity (Wildman–Crippen MR) is 144 cm³/mol. The molecule has 2 aromatic heterocycles. The summed E-state index contributed by atoms with van der Waals surface area (Å²) in [7, 11) is 0. The average molecular weight is 545 g/mol. The van der Waals surface area contributed by atoms with Gasteiger partial charge in [0.15, 0.2) is 0 Å². The van der Waals surface area contributed by atoms with E-state index in [9.17, 15) is 4.79 Å². The number of anilines is 1. The van der Waals surface area contributed by atoms with Crippen molar-refractivity contribution in [3.63, 3.8) is 0 Å². The lowest BCUT2D eigenvalue weighted by atomic mass is 9.95. The molecule has 2 aliphatic heterocycles. The van der Waals surface area contributed by atoms with Crippen LogP contribution in [0.1, 0.15) is 19.3 Å². The maximum absolute atomic E-state index is 12.8. The molecule has 0 bridgehead atoms. The van der Waals surface area contributed by atoms with Crippen molar-refractivity contribution in [2.75, 3.05) is 31.2 Å². The second kappa shape index (κ2) is 9.71. The predicted octanol–water partition coefficient (Wildman–Crippen LogP) is 5.66. The fraction of sp³-hybridized carbons (Fsp3) is 0.346. The SMILES string of the molecule is O=C(NC1CCOC1)C1CCN(c2nc3cc(Cl)c(Cl)cc3n2-c2ccc3cccc(Cl)c3n2)CC1. The molecule has 2 aromatic carbocycles. The minimum absolute atomic E-state index is 0.0267. The number of nitrogens with one attached hydrogen (secondary N) is 1. The number of benzene rings is 2. The van der Waals surface area contributed by atoms with E-state index in [2.05, 4.69) is 10.2 Å². The molecular weight excluding hydrogens is 521 g/mol. The van der Waals surface area contributed by atoms with E-state index < -0.39 is 0 Å². The van der Waals surface area contributed by atoms with Gasteiger partial charge in [-0.25, -0.2) is 9.97 Å². The molecule has 0 spiro atoms. The summed E-state index contributed by atoms with van der Waals surface area (Å²) < 4.78 is 7.38. The van der Waals surface area contributed by atoms with E-state index in [0.717, 1.165) is 47.1 Å². The van der Waals surface area contributed by atoms with Crippen LogP contribution in [0.2, 0.25) is 15.1 Å². The molecule has 1 amide bonds. The summed E-state index contributed by atoms with van der Waals surface area (Å²) in [4.78, 5) is 24.8. The highest BCUT2D eigenvalue weighted by Crippen LogP contribution is 2.35. The molecule has 2 aliphatic rings. The Kier molecular flexibility index (Phi) is 6.42. The zero-order valence-corrected chi connectivity index (χ0v) is 21.7. The maximum atomic E-state index is 12.8. The van der Waals surface area contributed by atoms with Gasteiger partial charge < -0.3 is 15.0 Å². The highest BCUT2D eigenvalue weighted by atomic mass is 35.5. The first kappa shape index (κ1) is 23.8. The van der Waals surface area contributed by atoms with Gasteiger partial charge in [0, 0.05) is 31.0 Å². The van der Waals surface area contributed by atoms with Gasteiger partial charge in [0.05, 0.1) is 44.3 Å². The first-order valence-electron chi connectivity index (χ1n) is 12.0. The second-order valence-electron chi connectivity index (χ2n) is 9.31. The van der Waals surface area contributed by atoms with E-state index in [1.54, 1.807) is 6.07 Å². The number of amides is 1. The smallest absolute Gasteiger partial charge is 0.223 e. The zero-order chi connectivity index (χ0) is 24.8. The van der Waals surface area contributed by atoms with Gasteiger partial charge >= 0.3 is 0 Å². The topological polar surface area (TPSA) is 72.3 Å². The molecule has 4 aromatic rings. The summed E-state index contributed by atoms with van der Waals surface area (Å²) in [6.45, 7) is 2.70. The third-order valence-corrected chi connectivity index (χ3v) is 8.02. The molecule has 186 valence electrons. The van der Waals surface area contributed by atoms with Gasteiger partial charge in [-0.05, 0) is 49.6 Å². The first-order chi connectivity index (χ1) is 17.5. The minimum atomic E-state index is -0.0267. The van der Waals surface area contributed by atoms with Gasteiger partial charge in [0.25, 0.3) is 0 Å². The molecule has 1 unspecified atom stereocenters. The number of rotatable bonds is 4. The van der Waals surface area contributed by atoms with Crippen molar-refractivity contribution in [3.8, 4) is 5.82 Å². The van der Waals surface area contributed by atoms with Crippen molar-refractivity contribution < 1.29 is 9.53 Å². The summed E-state index contributed by atoms with van der Waals surface area (Å²) >= 11 is 19.2. The van der Waals surface area contributed by atoms with Gasteiger partial charge in [-0.3, -0.25) is 9.36 Å². The molecule has 6 rings (SSSR count). The van der Waals surface area contributed by atoms with Crippen molar-refractivity contribution in [1.82, 2.24) is 19.9 Å². The van der Waals surface area contributed by atoms with Crippen LogP contribution in [0.15, 0.2) is 42.5 Å². The van der Waals surface area contributed by atoms with Crippen LogP contribution in [0.3, 0.4) is 0 Å². The fourth-order valence-electron chi connectivity index (χ4n) is 5.03. The molecule has 10 heteroatoms. The highest BCUT2D eigenvalue weighted by molar-refractivity contribution is 6.42. The van der Waals surface area contributed by atoms with Crippen LogP contribution in [-0.2, 0) is 9.53 Å². The van der Waals surface area contributed by atoms with E-state index >= 15 is 0 Å². The standard InChI is InChI=1S/C26H24Cl3N5O2/c27-18-3-1-2-15-4-5-23(32-24(15)18)34-22-13-20(29)19(28)12-21(22)31-26(34)33-9-6-16(7-10-33)25(35)30-17-8-11-36-14-17/h1-5,12-13,16-17H,6-11,14H2,(H,30,35). The number of hydrogen-bond donors (Lipinski definition) is 1. The number of carbonyl (C=O) groups excluding carboxylic acids is 1. The Morgan fingerprint density at radius 1 is 0.972 bits per heavy atom. The summed E-state index contributed by atoms with van der Waals surface area (Å²) in [5, 5.41) is 5.57. The molecule has 1 N–H and O–H groups in total. The normalized spacial score (nSPS) is 18.9. The lowest BCUT2D eigenvalue weighted by Crippen LogP contribution is -2.44. The number of hydrogen-bond acceptors (Lipinski definition) is 5. The third kappa shape index (κ3) is 4.39. The Balaban J connectivity index is 1.35. The number of aromatic nitrogens is 3. The lowest BCUT2D eigenvalue weighted by Gasteiger charge is -2.32. The van der Waals surface area contributed by atoms with Crippen molar-refractivity contribution in [2.45, 2.75) is 25.3 Å². The summed E-state index contributed by atoms with van der Waals surface area (Å²) in [5.74, 6) is 1.52. The van der Waals surface area contributed by atoms with Crippen LogP contribution >= 0.6 is 34.8 Å². The van der Waals surface area contributed by atoms with E-state index in [4.69, 9.17) is 49.5 Å². The van der Waals surface area contributed by atoms with Crippen molar-refractivity contribution in [3.05, 3.63) is 57.5 Å². The molecule has 36 heavy (non-hydrogen) atoms. The first-order valence-corrected chi connectivity index (χ1v) is 13.2. The molecule has 0 aliphatic carbocycles. The summed E-state index contributed by atoms with van der Waals surface area (Å²) in [6, 6.07) is 13.4. The zero-order valence-electron chi connectivity index (χ0n) is 19.4. The van der Waals surface area contributed by atoms with Gasteiger partial charge in [-0.1, -0.05) is 46.9 Å². The average Bonchev–Trinajstić information content (AvgIpc) is 3.52. The number of halogens is 3. The largest absolute Gasteiger partial charge is 0.379 e. The number of fused-ring (bicyclic) bond motifs is 2. The van der Waals surface area contributed by atoms with Gasteiger partial charge in [-0.15, -0.1) is 0 Å². The Labute approximate surface area is 223 Å². The number of para-hydroxylation sites is 1. The number of pyridine rings is 1. The number of piperidine rings is 1. The molecule has 0 radical (unpaired) electrons. The molecular formula is C26H24Cl3N5O2. The van der Waals surface area contributed by atoms with Crippen LogP contribution in [0.25, 0.3) is 27.8 Å². The van der Waals surface area contributed by atoms with E-state index in [0.29, 0.717) is 47.2 Å². The fourth-order valence-corrected chi connectivity index (χ4v) is 5.57. The van der Waals surface area contributed by atoms with Crippen LogP contribution in [0.4, 0.5) is 5.95 Å². The molecule has 7 nitrogen and oxygen atoms in total. The highest BCUT2D eigenvalue weighted by Gasteiger charge is 2.30. The quantitative estimate of drug-likeness (QED) is 0.359. The summed E-state index contributed by atoms with van der Waals surface area (Å²) in [5.41, 5.74) is 2.25. The molecule has 0 saturated carbocycles. The van der Waals surface area contributed by atoms with Crippen LogP contribution < -0.4 is 10.2 Å². The van der Waals surface area contributed by atoms with Crippen LogP contribution in [0.5, 0.6) is 0 Å². The Morgan fingerprint density at radius 2 is 1.78 bits per heavy atom. The Bertz CT molecular complexity index is 1460. The number of ether oxygens (including phenoxy) is 1. The molecule has 1 atom stereocenters. The van der Waals surface area contributed by atoms with Crippen molar-refractivity contribution in [2.24, 2.45) is 5.92 Å². The summed E-state index contributed by atoms with van der Waals surface area (Å²) in [6.07, 6.45) is 2.35. The van der Waals surface area contributed by atoms with Gasteiger partial charge in [-0.2, -0.15) is 0 Å². The van der Waals surface area contributed by atoms with Gasteiger partial charge in [0.1, 0.15) is 5.82 Å². The molecule has 4 heterocycles. The minimum Gasteiger partial charge on any atom is -0.379 e. The van der Waals surface area contributed by atoms with Crippen LogP contribution in [-0.4, -0.2) is 52.8 Å². The van der Waals surface area contributed by atoms with Crippen molar-refractivity contribution >= 4 is 68.6 Å². The lowest BCUT2D eigenvalue weighted by molar-refractivity contribution is -0.126. The Morgan fingerprint density at radius 3 is 2.56 bits per heavy atom. The maximum Gasteiger partial charge on any atom is 0.223 e. The Hall–Kier alpha value is -2.58. The van der Waals surface area contributed by atoms with Crippen molar-refractivity contribution in [1.29, 1.82) is 0 Å². The number of nitrogens with zero attached hydrogens (tertiary/aromatic N) is 4. The van der Waals surface area contributed by atoms with E-state index in [1.165, 1.54) is 0 Å². The monoisotopic (exact) mass is 543 g/mol. The third-order valence-electron chi connectivity index (χ3n) is 6.99. The molecule has 2 saturated heterocycles. The second-order valence-corrected chi connectivity index (χ2v) is 10.5. The molecule has 2 fully saturated rings. The van der Waals surface area contributed by atoms with Crippen LogP contribution in [0, 0.1) is 5.92 Å². The van der Waals surface area contributed by atoms with E-state index in [1.807, 2.05) is 41.0 Å². The van der Waals surface area contributed by atoms with Gasteiger partial charge in [0.2, 0.25) is 11.9 Å². The van der Waals surface area contributed by atoms with E-state index in [-0.39, 0.29) is 17.9 Å². The number of imidazole rings is 1.